The molecule has 0 aliphatic rings. The van der Waals surface area contributed by atoms with Crippen molar-refractivity contribution in [2.24, 2.45) is 0 Å². The predicted molar refractivity (Wildman–Crippen MR) is 58.3 cm³/mol. The highest BCUT2D eigenvalue weighted by Gasteiger charge is 2.18. The second-order valence-corrected chi connectivity index (χ2v) is 3.28. The van der Waals surface area contributed by atoms with Gasteiger partial charge in [-0.2, -0.15) is 0 Å². The highest BCUT2D eigenvalue weighted by atomic mass is 35.5. The van der Waals surface area contributed by atoms with Gasteiger partial charge in [0.05, 0.1) is 5.56 Å². The van der Waals surface area contributed by atoms with Crippen LogP contribution >= 0.6 is 11.6 Å². The van der Waals surface area contributed by atoms with E-state index in [1.165, 1.54) is 13.0 Å². The normalized spacial score (nSPS) is 9.80. The molecule has 3 N–H and O–H groups in total. The molecule has 1 aromatic rings. The first-order valence-corrected chi connectivity index (χ1v) is 4.52. The van der Waals surface area contributed by atoms with Gasteiger partial charge in [0.2, 0.25) is 0 Å². The standard InChI is InChI=1S/C9H10ClN3O2/c1-4(11)7-5(12-2)3-6(10)13-8(7)9(14)15/h3,11H,1-2H3,(H,12,13)(H,14,15). The van der Waals surface area contributed by atoms with Crippen LogP contribution in [0.15, 0.2) is 6.07 Å². The van der Waals surface area contributed by atoms with E-state index in [1.54, 1.807) is 7.05 Å². The number of nitrogens with one attached hydrogen (secondary N) is 2. The molecule has 0 saturated carbocycles. The average Bonchev–Trinajstić information content (AvgIpc) is 2.15. The van der Waals surface area contributed by atoms with Crippen molar-refractivity contribution in [3.05, 3.63) is 22.5 Å². The van der Waals surface area contributed by atoms with Crippen LogP contribution in [-0.4, -0.2) is 28.8 Å². The number of carboxylic acids is 1. The van der Waals surface area contributed by atoms with Gasteiger partial charge in [0.25, 0.3) is 0 Å². The van der Waals surface area contributed by atoms with Crippen LogP contribution in [0.2, 0.25) is 5.15 Å². The SMILES string of the molecule is CNc1cc(Cl)nc(C(=O)O)c1C(C)=N. The lowest BCUT2D eigenvalue weighted by Crippen LogP contribution is -2.12. The number of halogens is 1. The Kier molecular flexibility index (Phi) is 3.26. The van der Waals surface area contributed by atoms with E-state index < -0.39 is 5.97 Å². The molecule has 0 bridgehead atoms. The molecule has 0 fully saturated rings. The Morgan fingerprint density at radius 1 is 1.67 bits per heavy atom. The molecule has 0 aliphatic carbocycles. The van der Waals surface area contributed by atoms with Crippen LogP contribution in [0.25, 0.3) is 0 Å². The van der Waals surface area contributed by atoms with Crippen LogP contribution in [0.3, 0.4) is 0 Å². The second-order valence-electron chi connectivity index (χ2n) is 2.90. The molecule has 0 aromatic carbocycles. The largest absolute Gasteiger partial charge is 0.476 e. The fourth-order valence-corrected chi connectivity index (χ4v) is 1.44. The third kappa shape index (κ3) is 2.24. The van der Waals surface area contributed by atoms with Gasteiger partial charge in [-0.3, -0.25) is 0 Å². The molecular formula is C9H10ClN3O2. The lowest BCUT2D eigenvalue weighted by Gasteiger charge is -2.10. The minimum atomic E-state index is -1.20. The number of rotatable bonds is 3. The summed E-state index contributed by atoms with van der Waals surface area (Å²) in [6, 6.07) is 1.49. The van der Waals surface area contributed by atoms with E-state index >= 15 is 0 Å². The molecule has 0 radical (unpaired) electrons. The molecule has 15 heavy (non-hydrogen) atoms. The van der Waals surface area contributed by atoms with Gasteiger partial charge < -0.3 is 15.8 Å². The second kappa shape index (κ2) is 4.27. The van der Waals surface area contributed by atoms with Crippen LogP contribution in [0, 0.1) is 5.41 Å². The van der Waals surface area contributed by atoms with Gasteiger partial charge in [-0.05, 0) is 13.0 Å². The molecule has 5 nitrogen and oxygen atoms in total. The topological polar surface area (TPSA) is 86.1 Å². The maximum absolute atomic E-state index is 10.9. The van der Waals surface area contributed by atoms with E-state index in [-0.39, 0.29) is 22.1 Å². The monoisotopic (exact) mass is 227 g/mol. The average molecular weight is 228 g/mol. The zero-order valence-electron chi connectivity index (χ0n) is 8.26. The fraction of sp³-hybridized carbons (Fsp3) is 0.222. The Morgan fingerprint density at radius 2 is 2.27 bits per heavy atom. The van der Waals surface area contributed by atoms with E-state index in [0.717, 1.165) is 0 Å². The van der Waals surface area contributed by atoms with Crippen LogP contribution < -0.4 is 5.32 Å². The molecule has 80 valence electrons. The molecule has 0 aliphatic heterocycles. The van der Waals surface area contributed by atoms with Crippen molar-refractivity contribution < 1.29 is 9.90 Å². The zero-order chi connectivity index (χ0) is 11.6. The molecule has 0 spiro atoms. The summed E-state index contributed by atoms with van der Waals surface area (Å²) in [5.41, 5.74) is 0.662. The third-order valence-electron chi connectivity index (χ3n) is 1.84. The van der Waals surface area contributed by atoms with Crippen molar-refractivity contribution in [2.45, 2.75) is 6.92 Å². The van der Waals surface area contributed by atoms with Gasteiger partial charge in [-0.25, -0.2) is 9.78 Å². The van der Waals surface area contributed by atoms with Gasteiger partial charge in [0.1, 0.15) is 5.15 Å². The summed E-state index contributed by atoms with van der Waals surface area (Å²) in [4.78, 5) is 14.6. The third-order valence-corrected chi connectivity index (χ3v) is 2.03. The van der Waals surface area contributed by atoms with Gasteiger partial charge in [-0.15, -0.1) is 0 Å². The number of hydrogen-bond acceptors (Lipinski definition) is 4. The maximum Gasteiger partial charge on any atom is 0.355 e. The Balaban J connectivity index is 3.54. The van der Waals surface area contributed by atoms with E-state index in [4.69, 9.17) is 22.1 Å². The van der Waals surface area contributed by atoms with Gasteiger partial charge >= 0.3 is 5.97 Å². The van der Waals surface area contributed by atoms with Crippen molar-refractivity contribution in [2.75, 3.05) is 12.4 Å². The Labute approximate surface area is 91.6 Å². The van der Waals surface area contributed by atoms with E-state index in [1.807, 2.05) is 0 Å². The summed E-state index contributed by atoms with van der Waals surface area (Å²) in [5.74, 6) is -1.20. The van der Waals surface area contributed by atoms with Crippen LogP contribution in [-0.2, 0) is 0 Å². The number of pyridine rings is 1. The highest BCUT2D eigenvalue weighted by Crippen LogP contribution is 2.22. The van der Waals surface area contributed by atoms with E-state index in [9.17, 15) is 4.79 Å². The summed E-state index contributed by atoms with van der Waals surface area (Å²) < 4.78 is 0. The predicted octanol–water partition coefficient (Wildman–Crippen LogP) is 1.86. The lowest BCUT2D eigenvalue weighted by molar-refractivity contribution is 0.0690. The summed E-state index contributed by atoms with van der Waals surface area (Å²) >= 11 is 5.66. The molecule has 0 unspecified atom stereocenters. The highest BCUT2D eigenvalue weighted by molar-refractivity contribution is 6.30. The quantitative estimate of drug-likeness (QED) is 0.544. The molecule has 0 atom stereocenters. The van der Waals surface area contributed by atoms with Gasteiger partial charge in [0, 0.05) is 18.4 Å². The Morgan fingerprint density at radius 3 is 2.67 bits per heavy atom. The zero-order valence-corrected chi connectivity index (χ0v) is 9.01. The van der Waals surface area contributed by atoms with E-state index in [0.29, 0.717) is 5.69 Å². The summed E-state index contributed by atoms with van der Waals surface area (Å²) in [7, 11) is 1.63. The van der Waals surface area contributed by atoms with Crippen LogP contribution in [0.5, 0.6) is 0 Å². The van der Waals surface area contributed by atoms with Crippen LogP contribution in [0.4, 0.5) is 5.69 Å². The maximum atomic E-state index is 10.9. The number of nitrogens with zero attached hydrogens (tertiary/aromatic N) is 1. The molecule has 1 aromatic heterocycles. The minimum Gasteiger partial charge on any atom is -0.476 e. The molecule has 0 saturated heterocycles. The molecule has 1 heterocycles. The smallest absolute Gasteiger partial charge is 0.355 e. The molecule has 6 heteroatoms. The minimum absolute atomic E-state index is 0.0850. The van der Waals surface area contributed by atoms with Crippen molar-refractivity contribution in [1.82, 2.24) is 4.98 Å². The van der Waals surface area contributed by atoms with Crippen molar-refractivity contribution >= 4 is 29.0 Å². The summed E-state index contributed by atoms with van der Waals surface area (Å²) in [6.45, 7) is 1.50. The van der Waals surface area contributed by atoms with Gasteiger partial charge in [-0.1, -0.05) is 11.6 Å². The first-order valence-electron chi connectivity index (χ1n) is 4.14. The summed E-state index contributed by atoms with van der Waals surface area (Å²) in [6.07, 6.45) is 0. The van der Waals surface area contributed by atoms with Crippen molar-refractivity contribution in [3.63, 3.8) is 0 Å². The first-order chi connectivity index (χ1) is 6.97. The lowest BCUT2D eigenvalue weighted by atomic mass is 10.1. The van der Waals surface area contributed by atoms with Crippen LogP contribution in [0.1, 0.15) is 23.0 Å². The Hall–Kier alpha value is -1.62. The number of aromatic nitrogens is 1. The number of carboxylic acid groups (broad SMARTS) is 1. The molecule has 0 amide bonds. The number of hydrogen-bond donors (Lipinski definition) is 3. The molecular weight excluding hydrogens is 218 g/mol. The number of carbonyl (C=O) groups is 1. The van der Waals surface area contributed by atoms with E-state index in [2.05, 4.69) is 10.3 Å². The van der Waals surface area contributed by atoms with Crippen molar-refractivity contribution in [1.29, 1.82) is 5.41 Å². The number of aromatic carboxylic acids is 1. The molecule has 1 rings (SSSR count). The fourth-order valence-electron chi connectivity index (χ4n) is 1.25. The number of anilines is 1. The van der Waals surface area contributed by atoms with Crippen molar-refractivity contribution in [3.8, 4) is 0 Å². The van der Waals surface area contributed by atoms with Gasteiger partial charge in [0.15, 0.2) is 5.69 Å². The first kappa shape index (κ1) is 11.5. The summed E-state index contributed by atoms with van der Waals surface area (Å²) in [5, 5.41) is 19.3. The Bertz CT molecular complexity index is 432.